The summed E-state index contributed by atoms with van der Waals surface area (Å²) in [5.41, 5.74) is 4.33. The first-order chi connectivity index (χ1) is 29.7. The average molecular weight is 861 g/mol. The molecular formula is C45H43ClF2N10O4. The average Bonchev–Trinajstić information content (AvgIpc) is 3.71. The molecule has 0 unspecified atom stereocenters. The molecule has 2 amide bonds. The fraction of sp³-hybridized carbons (Fsp3) is 0.311. The molecule has 0 spiro atoms. The van der Waals surface area contributed by atoms with Crippen molar-refractivity contribution < 1.29 is 23.1 Å². The molecule has 2 aliphatic rings. The van der Waals surface area contributed by atoms with Crippen molar-refractivity contribution in [2.75, 3.05) is 25.0 Å². The van der Waals surface area contributed by atoms with Gasteiger partial charge < -0.3 is 24.4 Å². The number of fused-ring (bicyclic) bond motifs is 4. The molecule has 2 aromatic carbocycles. The molecule has 1 saturated heterocycles. The lowest BCUT2D eigenvalue weighted by Crippen LogP contribution is -2.43. The molecule has 0 bridgehead atoms. The highest BCUT2D eigenvalue weighted by molar-refractivity contribution is 6.30. The highest BCUT2D eigenvalue weighted by Crippen LogP contribution is 2.33. The Morgan fingerprint density at radius 3 is 2.47 bits per heavy atom. The Labute approximate surface area is 359 Å². The van der Waals surface area contributed by atoms with Crippen LogP contribution < -0.4 is 11.0 Å². The Morgan fingerprint density at radius 1 is 0.935 bits per heavy atom. The van der Waals surface area contributed by atoms with Gasteiger partial charge >= 0.3 is 11.8 Å². The van der Waals surface area contributed by atoms with E-state index in [1.165, 1.54) is 29.0 Å². The summed E-state index contributed by atoms with van der Waals surface area (Å²) in [5.74, 6) is -0.984. The zero-order valence-corrected chi connectivity index (χ0v) is 35.3. The summed E-state index contributed by atoms with van der Waals surface area (Å²) in [6, 6.07) is 17.3. The van der Waals surface area contributed by atoms with Crippen LogP contribution in [-0.4, -0.2) is 80.7 Å². The topological polar surface area (TPSA) is 145 Å². The SMILES string of the molecule is Cc1nc(Nc2cccc(F)c2)nc2c1n(-c1ccc(C(=O)N3CCc4c(n(Cc5ccc(Cl)cc5F)c5ncccc45)C3)nc1)c(=O)n2C1CCN(C(=O)OC(C)(C)C)CC1. The first-order valence-corrected chi connectivity index (χ1v) is 20.8. The predicted molar refractivity (Wildman–Crippen MR) is 230 cm³/mol. The lowest BCUT2D eigenvalue weighted by atomic mass is 10.0. The Morgan fingerprint density at radius 2 is 1.74 bits per heavy atom. The van der Waals surface area contributed by atoms with Gasteiger partial charge in [0, 0.05) is 59.2 Å². The van der Waals surface area contributed by atoms with Crippen LogP contribution in [0.4, 0.5) is 25.2 Å². The number of aryl methyl sites for hydroxylation is 1. The van der Waals surface area contributed by atoms with Gasteiger partial charge in [-0.2, -0.15) is 4.98 Å². The van der Waals surface area contributed by atoms with E-state index in [4.69, 9.17) is 21.3 Å². The summed E-state index contributed by atoms with van der Waals surface area (Å²) >= 11 is 6.04. The largest absolute Gasteiger partial charge is 0.444 e. The third-order valence-corrected chi connectivity index (χ3v) is 11.6. The monoisotopic (exact) mass is 860 g/mol. The molecule has 14 nitrogen and oxygen atoms in total. The van der Waals surface area contributed by atoms with Gasteiger partial charge in [0.25, 0.3) is 5.91 Å². The van der Waals surface area contributed by atoms with E-state index in [2.05, 4.69) is 20.3 Å². The van der Waals surface area contributed by atoms with E-state index in [0.29, 0.717) is 83.4 Å². The smallest absolute Gasteiger partial charge is 0.410 e. The minimum Gasteiger partial charge on any atom is -0.444 e. The second-order valence-corrected chi connectivity index (χ2v) is 17.1. The lowest BCUT2D eigenvalue weighted by molar-refractivity contribution is 0.0188. The quantitative estimate of drug-likeness (QED) is 0.168. The van der Waals surface area contributed by atoms with Crippen LogP contribution >= 0.6 is 11.6 Å². The number of hydrogen-bond donors (Lipinski definition) is 1. The van der Waals surface area contributed by atoms with Gasteiger partial charge in [0.05, 0.1) is 30.7 Å². The van der Waals surface area contributed by atoms with Crippen LogP contribution in [-0.2, 0) is 24.2 Å². The number of rotatable bonds is 7. The van der Waals surface area contributed by atoms with Crippen LogP contribution in [0.3, 0.4) is 0 Å². The first kappa shape index (κ1) is 40.7. The maximum atomic E-state index is 15.0. The van der Waals surface area contributed by atoms with Gasteiger partial charge in [0.15, 0.2) is 5.65 Å². The summed E-state index contributed by atoms with van der Waals surface area (Å²) in [4.78, 5) is 63.8. The van der Waals surface area contributed by atoms with Crippen molar-refractivity contribution in [2.45, 2.75) is 71.7 Å². The predicted octanol–water partition coefficient (Wildman–Crippen LogP) is 8.13. The molecule has 7 heterocycles. The van der Waals surface area contributed by atoms with E-state index in [-0.39, 0.29) is 42.4 Å². The number of aromatic nitrogens is 7. The van der Waals surface area contributed by atoms with Crippen molar-refractivity contribution in [3.8, 4) is 5.69 Å². The number of carbonyl (C=O) groups excluding carboxylic acids is 2. The molecule has 2 aliphatic heterocycles. The van der Waals surface area contributed by atoms with Gasteiger partial charge in [-0.05, 0) is 107 Å². The number of imidazole rings is 1. The molecule has 0 radical (unpaired) electrons. The van der Waals surface area contributed by atoms with E-state index in [9.17, 15) is 18.8 Å². The Kier molecular flexibility index (Phi) is 10.5. The van der Waals surface area contributed by atoms with Crippen molar-refractivity contribution in [3.63, 3.8) is 0 Å². The second kappa shape index (κ2) is 16.0. The molecule has 7 aromatic rings. The Balaban J connectivity index is 1.03. The van der Waals surface area contributed by atoms with Crippen LogP contribution in [0.2, 0.25) is 5.02 Å². The number of anilines is 2. The van der Waals surface area contributed by atoms with E-state index in [0.717, 1.165) is 16.6 Å². The molecule has 318 valence electrons. The zero-order valence-electron chi connectivity index (χ0n) is 34.5. The van der Waals surface area contributed by atoms with Crippen LogP contribution in [0.25, 0.3) is 27.9 Å². The number of benzene rings is 2. The third-order valence-electron chi connectivity index (χ3n) is 11.3. The van der Waals surface area contributed by atoms with Gasteiger partial charge in [-0.25, -0.2) is 33.3 Å². The summed E-state index contributed by atoms with van der Waals surface area (Å²) < 4.78 is 39.8. The summed E-state index contributed by atoms with van der Waals surface area (Å²) in [6.45, 7) is 8.83. The van der Waals surface area contributed by atoms with Gasteiger partial charge in [0.1, 0.15) is 34.1 Å². The zero-order chi connectivity index (χ0) is 43.4. The van der Waals surface area contributed by atoms with Crippen molar-refractivity contribution in [1.82, 2.24) is 43.4 Å². The maximum Gasteiger partial charge on any atom is 0.410 e. The Hall–Kier alpha value is -6.68. The van der Waals surface area contributed by atoms with Crippen LogP contribution in [0.15, 0.2) is 83.9 Å². The lowest BCUT2D eigenvalue weighted by Gasteiger charge is -2.33. The van der Waals surface area contributed by atoms with Gasteiger partial charge in [-0.1, -0.05) is 23.7 Å². The number of halogens is 3. The molecule has 0 atom stereocenters. The molecular weight excluding hydrogens is 818 g/mol. The Bertz CT molecular complexity index is 2950. The summed E-state index contributed by atoms with van der Waals surface area (Å²) in [5, 5.41) is 4.33. The molecule has 0 saturated carbocycles. The van der Waals surface area contributed by atoms with Gasteiger partial charge in [0.2, 0.25) is 5.95 Å². The number of piperidine rings is 1. The molecule has 17 heteroatoms. The van der Waals surface area contributed by atoms with Crippen molar-refractivity contribution in [1.29, 1.82) is 0 Å². The molecule has 5 aromatic heterocycles. The van der Waals surface area contributed by atoms with Crippen LogP contribution in [0.5, 0.6) is 0 Å². The minimum absolute atomic E-state index is 0.176. The molecule has 0 aliphatic carbocycles. The van der Waals surface area contributed by atoms with Crippen molar-refractivity contribution in [2.24, 2.45) is 0 Å². The summed E-state index contributed by atoms with van der Waals surface area (Å²) in [7, 11) is 0. The standard InChI is InChI=1S/C45H43ClF2N10O4/c1-26-38-40(53-42(51-26)52-30-8-5-7-29(47)22-30)58(31-14-18-54(19-15-31)44(61)62-45(2,3)4)43(60)57(38)32-12-13-36(50-23-32)41(59)55-20-16-33-34-9-6-17-49-39(34)56(37(33)25-55)24-27-10-11-28(46)21-35(27)48/h5-13,17,21-23,31H,14-16,18-20,24-25H2,1-4H3,(H,51,52,53). The van der Waals surface area contributed by atoms with Crippen molar-refractivity contribution >= 4 is 57.4 Å². The third kappa shape index (κ3) is 7.74. The highest BCUT2D eigenvalue weighted by atomic mass is 35.5. The maximum absolute atomic E-state index is 15.0. The first-order valence-electron chi connectivity index (χ1n) is 20.4. The van der Waals surface area contributed by atoms with E-state index < -0.39 is 23.3 Å². The second-order valence-electron chi connectivity index (χ2n) is 16.6. The molecule has 9 rings (SSSR count). The summed E-state index contributed by atoms with van der Waals surface area (Å²) in [6.07, 6.45) is 4.26. The van der Waals surface area contributed by atoms with Crippen LogP contribution in [0.1, 0.15) is 72.7 Å². The number of amides is 2. The molecule has 1 fully saturated rings. The van der Waals surface area contributed by atoms with E-state index in [1.807, 2.05) is 37.5 Å². The number of likely N-dealkylation sites (tertiary alicyclic amines) is 1. The number of nitrogens with one attached hydrogen (secondary N) is 1. The molecule has 62 heavy (non-hydrogen) atoms. The van der Waals surface area contributed by atoms with Crippen molar-refractivity contribution in [3.05, 3.63) is 134 Å². The normalized spacial score (nSPS) is 14.7. The fourth-order valence-electron chi connectivity index (χ4n) is 8.46. The molecule has 1 N–H and O–H groups in total. The number of nitrogens with zero attached hydrogens (tertiary/aromatic N) is 9. The minimum atomic E-state index is -0.650. The number of hydrogen-bond acceptors (Lipinski definition) is 9. The fourth-order valence-corrected chi connectivity index (χ4v) is 8.62. The van der Waals surface area contributed by atoms with E-state index in [1.54, 1.807) is 63.9 Å². The van der Waals surface area contributed by atoms with E-state index >= 15 is 4.39 Å². The van der Waals surface area contributed by atoms with Crippen LogP contribution in [0, 0.1) is 18.6 Å². The number of carbonyl (C=O) groups is 2. The number of ether oxygens (including phenoxy) is 1. The number of pyridine rings is 2. The highest BCUT2D eigenvalue weighted by Gasteiger charge is 2.33. The van der Waals surface area contributed by atoms with Gasteiger partial charge in [-0.15, -0.1) is 0 Å². The van der Waals surface area contributed by atoms with Gasteiger partial charge in [-0.3, -0.25) is 13.9 Å².